The summed E-state index contributed by atoms with van der Waals surface area (Å²) < 4.78 is 0. The summed E-state index contributed by atoms with van der Waals surface area (Å²) in [5.74, 6) is 1.57. The van der Waals surface area contributed by atoms with E-state index >= 15 is 0 Å². The summed E-state index contributed by atoms with van der Waals surface area (Å²) in [4.78, 5) is 0. The molecule has 0 radical (unpaired) electrons. The molecule has 1 aromatic rings. The van der Waals surface area contributed by atoms with Crippen LogP contribution in [0, 0.1) is 5.92 Å². The molecule has 16 heavy (non-hydrogen) atoms. The normalized spacial score (nSPS) is 27.6. The smallest absolute Gasteiger partial charge is 0.00698 e. The van der Waals surface area contributed by atoms with Crippen molar-refractivity contribution < 1.29 is 0 Å². The number of hydrogen-bond donors (Lipinski definition) is 1. The molecule has 1 aromatic carbocycles. The van der Waals surface area contributed by atoms with Gasteiger partial charge in [0.05, 0.1) is 0 Å². The molecule has 1 nitrogen and oxygen atoms in total. The molecular weight excluding hydrogens is 194 g/mol. The third-order valence-corrected chi connectivity index (χ3v) is 4.14. The van der Waals surface area contributed by atoms with Crippen LogP contribution >= 0.6 is 0 Å². The molecule has 0 aromatic heterocycles. The van der Waals surface area contributed by atoms with Crippen LogP contribution in [0.5, 0.6) is 0 Å². The highest BCUT2D eigenvalue weighted by Gasteiger charge is 2.29. The number of benzene rings is 1. The van der Waals surface area contributed by atoms with Crippen molar-refractivity contribution >= 4 is 0 Å². The van der Waals surface area contributed by atoms with Crippen molar-refractivity contribution in [1.82, 2.24) is 5.32 Å². The summed E-state index contributed by atoms with van der Waals surface area (Å²) in [6, 6.07) is 11.7. The summed E-state index contributed by atoms with van der Waals surface area (Å²) in [5, 5.41) is 3.43. The predicted molar refractivity (Wildman–Crippen MR) is 69.7 cm³/mol. The van der Waals surface area contributed by atoms with Crippen molar-refractivity contribution in [1.29, 1.82) is 0 Å². The van der Waals surface area contributed by atoms with Gasteiger partial charge in [0.25, 0.3) is 0 Å². The Balaban J connectivity index is 2.16. The Kier molecular flexibility index (Phi) is 4.00. The van der Waals surface area contributed by atoms with E-state index in [0.717, 1.165) is 11.8 Å². The summed E-state index contributed by atoms with van der Waals surface area (Å²) in [7, 11) is 2.08. The number of hydrogen-bond acceptors (Lipinski definition) is 1. The van der Waals surface area contributed by atoms with Gasteiger partial charge in [-0.3, -0.25) is 0 Å². The highest BCUT2D eigenvalue weighted by molar-refractivity contribution is 5.21. The lowest BCUT2D eigenvalue weighted by Gasteiger charge is -2.36. The second-order valence-electron chi connectivity index (χ2n) is 5.04. The average Bonchev–Trinajstić information content (AvgIpc) is 2.39. The Hall–Kier alpha value is -0.820. The van der Waals surface area contributed by atoms with Gasteiger partial charge in [0.1, 0.15) is 0 Å². The first-order valence-electron chi connectivity index (χ1n) is 6.55. The fourth-order valence-electron chi connectivity index (χ4n) is 3.09. The lowest BCUT2D eigenvalue weighted by molar-refractivity contribution is 0.251. The first-order chi connectivity index (χ1) is 7.83. The summed E-state index contributed by atoms with van der Waals surface area (Å²) in [6.45, 7) is 2.33. The summed E-state index contributed by atoms with van der Waals surface area (Å²) >= 11 is 0. The van der Waals surface area contributed by atoms with Crippen LogP contribution in [0.25, 0.3) is 0 Å². The number of rotatable bonds is 3. The lowest BCUT2D eigenvalue weighted by atomic mass is 9.72. The van der Waals surface area contributed by atoms with Crippen LogP contribution in [0.3, 0.4) is 0 Å². The van der Waals surface area contributed by atoms with E-state index < -0.39 is 0 Å². The van der Waals surface area contributed by atoms with Gasteiger partial charge in [-0.15, -0.1) is 0 Å². The van der Waals surface area contributed by atoms with E-state index in [1.807, 2.05) is 0 Å². The fraction of sp³-hybridized carbons (Fsp3) is 0.600. The first-order valence-corrected chi connectivity index (χ1v) is 6.55. The minimum absolute atomic E-state index is 0.630. The molecule has 1 fully saturated rings. The van der Waals surface area contributed by atoms with Gasteiger partial charge in [-0.25, -0.2) is 0 Å². The molecule has 0 amide bonds. The van der Waals surface area contributed by atoms with Crippen LogP contribution in [0.4, 0.5) is 0 Å². The van der Waals surface area contributed by atoms with Crippen LogP contribution in [-0.2, 0) is 0 Å². The first kappa shape index (κ1) is 11.7. The SMILES string of the molecule is CNC(C)C1CCCCC1c1ccccc1. The average molecular weight is 217 g/mol. The number of nitrogens with one attached hydrogen (secondary N) is 1. The molecule has 0 bridgehead atoms. The van der Waals surface area contributed by atoms with E-state index in [1.54, 1.807) is 0 Å². The molecule has 0 saturated heterocycles. The van der Waals surface area contributed by atoms with E-state index in [-0.39, 0.29) is 0 Å². The highest BCUT2D eigenvalue weighted by atomic mass is 14.9. The van der Waals surface area contributed by atoms with E-state index in [1.165, 1.54) is 31.2 Å². The molecule has 0 aliphatic heterocycles. The second kappa shape index (κ2) is 5.49. The van der Waals surface area contributed by atoms with Gasteiger partial charge in [-0.2, -0.15) is 0 Å². The van der Waals surface area contributed by atoms with Gasteiger partial charge in [-0.1, -0.05) is 43.2 Å². The zero-order valence-electron chi connectivity index (χ0n) is 10.4. The minimum Gasteiger partial charge on any atom is -0.317 e. The molecule has 0 spiro atoms. The highest BCUT2D eigenvalue weighted by Crippen LogP contribution is 2.39. The van der Waals surface area contributed by atoms with Crippen LogP contribution in [0.15, 0.2) is 30.3 Å². The predicted octanol–water partition coefficient (Wildman–Crippen LogP) is 3.57. The van der Waals surface area contributed by atoms with E-state index in [0.29, 0.717) is 6.04 Å². The van der Waals surface area contributed by atoms with Crippen molar-refractivity contribution in [3.05, 3.63) is 35.9 Å². The maximum atomic E-state index is 3.43. The van der Waals surface area contributed by atoms with E-state index in [4.69, 9.17) is 0 Å². The van der Waals surface area contributed by atoms with Crippen molar-refractivity contribution in [3.63, 3.8) is 0 Å². The summed E-state index contributed by atoms with van der Waals surface area (Å²) in [5.41, 5.74) is 1.54. The van der Waals surface area contributed by atoms with Crippen molar-refractivity contribution in [2.24, 2.45) is 5.92 Å². The molecule has 3 unspecified atom stereocenters. The molecule has 1 heteroatoms. The molecule has 1 aliphatic rings. The van der Waals surface area contributed by atoms with Crippen molar-refractivity contribution in [3.8, 4) is 0 Å². The Labute approximate surface area is 99.3 Å². The zero-order chi connectivity index (χ0) is 11.4. The van der Waals surface area contributed by atoms with Crippen molar-refractivity contribution in [2.75, 3.05) is 7.05 Å². The molecule has 1 aliphatic carbocycles. The van der Waals surface area contributed by atoms with Gasteiger partial charge in [0.2, 0.25) is 0 Å². The monoisotopic (exact) mass is 217 g/mol. The fourth-order valence-corrected chi connectivity index (χ4v) is 3.09. The second-order valence-corrected chi connectivity index (χ2v) is 5.04. The maximum absolute atomic E-state index is 3.43. The van der Waals surface area contributed by atoms with Gasteiger partial charge < -0.3 is 5.32 Å². The third kappa shape index (κ3) is 2.46. The molecule has 88 valence electrons. The Morgan fingerprint density at radius 3 is 2.50 bits per heavy atom. The van der Waals surface area contributed by atoms with Crippen LogP contribution in [0.1, 0.15) is 44.1 Å². The topological polar surface area (TPSA) is 12.0 Å². The molecular formula is C15H23N. The van der Waals surface area contributed by atoms with Crippen LogP contribution in [-0.4, -0.2) is 13.1 Å². The van der Waals surface area contributed by atoms with Gasteiger partial charge in [0.15, 0.2) is 0 Å². The van der Waals surface area contributed by atoms with Crippen molar-refractivity contribution in [2.45, 2.75) is 44.6 Å². The molecule has 3 atom stereocenters. The lowest BCUT2D eigenvalue weighted by Crippen LogP contribution is -2.36. The van der Waals surface area contributed by atoms with Gasteiger partial charge in [-0.05, 0) is 44.2 Å². The zero-order valence-corrected chi connectivity index (χ0v) is 10.4. The Bertz CT molecular complexity index is 306. The van der Waals surface area contributed by atoms with Crippen LogP contribution < -0.4 is 5.32 Å². The Morgan fingerprint density at radius 1 is 1.12 bits per heavy atom. The molecule has 0 heterocycles. The summed E-state index contributed by atoms with van der Waals surface area (Å²) in [6.07, 6.45) is 5.54. The molecule has 1 N–H and O–H groups in total. The Morgan fingerprint density at radius 2 is 1.81 bits per heavy atom. The maximum Gasteiger partial charge on any atom is 0.00698 e. The van der Waals surface area contributed by atoms with Gasteiger partial charge >= 0.3 is 0 Å². The quantitative estimate of drug-likeness (QED) is 0.816. The van der Waals surface area contributed by atoms with Crippen LogP contribution in [0.2, 0.25) is 0 Å². The molecule has 1 saturated carbocycles. The minimum atomic E-state index is 0.630. The van der Waals surface area contributed by atoms with E-state index in [9.17, 15) is 0 Å². The van der Waals surface area contributed by atoms with E-state index in [2.05, 4.69) is 49.6 Å². The third-order valence-electron chi connectivity index (χ3n) is 4.14. The van der Waals surface area contributed by atoms with Gasteiger partial charge in [0, 0.05) is 6.04 Å². The molecule has 2 rings (SSSR count). The standard InChI is InChI=1S/C15H23N/c1-12(16-2)14-10-6-7-11-15(14)13-8-4-3-5-9-13/h3-5,8-9,12,14-16H,6-7,10-11H2,1-2H3. The largest absolute Gasteiger partial charge is 0.317 e.